The highest BCUT2D eigenvalue weighted by Gasteiger charge is 2.07. The van der Waals surface area contributed by atoms with Gasteiger partial charge in [-0.2, -0.15) is 4.98 Å². The van der Waals surface area contributed by atoms with Crippen LogP contribution in [0.15, 0.2) is 35.0 Å². The van der Waals surface area contributed by atoms with Crippen molar-refractivity contribution in [1.82, 2.24) is 14.7 Å². The molecule has 20 heavy (non-hydrogen) atoms. The summed E-state index contributed by atoms with van der Waals surface area (Å²) in [4.78, 5) is 4.23. The molecular formula is C15H17N3O2. The van der Waals surface area contributed by atoms with E-state index in [2.05, 4.69) is 39.8 Å². The molecule has 104 valence electrons. The second kappa shape index (κ2) is 5.36. The third kappa shape index (κ3) is 2.52. The van der Waals surface area contributed by atoms with Crippen molar-refractivity contribution in [2.24, 2.45) is 0 Å². The number of ether oxygens (including phenoxy) is 1. The summed E-state index contributed by atoms with van der Waals surface area (Å²) < 4.78 is 12.7. The lowest BCUT2D eigenvalue weighted by molar-refractivity contribution is 0.318. The van der Waals surface area contributed by atoms with Gasteiger partial charge in [-0.25, -0.2) is 0 Å². The molecule has 1 aromatic carbocycles. The Morgan fingerprint density at radius 3 is 2.95 bits per heavy atom. The second-order valence-corrected chi connectivity index (χ2v) is 4.74. The molecule has 3 aromatic rings. The van der Waals surface area contributed by atoms with Crippen molar-refractivity contribution >= 4 is 10.9 Å². The van der Waals surface area contributed by atoms with Crippen LogP contribution < -0.4 is 4.74 Å². The van der Waals surface area contributed by atoms with Gasteiger partial charge in [-0.15, -0.1) is 0 Å². The maximum absolute atomic E-state index is 5.65. The molecule has 3 rings (SSSR count). The predicted molar refractivity (Wildman–Crippen MR) is 75.9 cm³/mol. The Labute approximate surface area is 117 Å². The van der Waals surface area contributed by atoms with Gasteiger partial charge in [0.15, 0.2) is 5.82 Å². The smallest absolute Gasteiger partial charge is 0.223 e. The first-order chi connectivity index (χ1) is 9.76. The minimum atomic E-state index is 0.590. The number of aromatic nitrogens is 3. The summed E-state index contributed by atoms with van der Waals surface area (Å²) >= 11 is 0. The van der Waals surface area contributed by atoms with E-state index in [4.69, 9.17) is 9.26 Å². The molecule has 2 heterocycles. The van der Waals surface area contributed by atoms with Gasteiger partial charge in [-0.3, -0.25) is 0 Å². The molecule has 0 saturated carbocycles. The normalized spacial score (nSPS) is 11.1. The van der Waals surface area contributed by atoms with Crippen molar-refractivity contribution in [1.29, 1.82) is 0 Å². The van der Waals surface area contributed by atoms with E-state index in [0.29, 0.717) is 18.3 Å². The minimum Gasteiger partial charge on any atom is -0.494 e. The van der Waals surface area contributed by atoms with E-state index < -0.39 is 0 Å². The molecular weight excluding hydrogens is 254 g/mol. The fraction of sp³-hybridized carbons (Fsp3) is 0.333. The van der Waals surface area contributed by atoms with Gasteiger partial charge >= 0.3 is 0 Å². The van der Waals surface area contributed by atoms with Crippen LogP contribution in [-0.2, 0) is 6.54 Å². The Morgan fingerprint density at radius 1 is 1.30 bits per heavy atom. The van der Waals surface area contributed by atoms with Crippen LogP contribution in [0.1, 0.15) is 25.1 Å². The van der Waals surface area contributed by atoms with Crippen molar-refractivity contribution in [2.45, 2.75) is 26.8 Å². The van der Waals surface area contributed by atoms with Crippen LogP contribution in [-0.4, -0.2) is 21.3 Å². The van der Waals surface area contributed by atoms with E-state index in [1.165, 1.54) is 0 Å². The molecule has 0 saturated heterocycles. The fourth-order valence-electron chi connectivity index (χ4n) is 2.18. The third-order valence-corrected chi connectivity index (χ3v) is 3.10. The molecule has 5 nitrogen and oxygen atoms in total. The number of hydrogen-bond donors (Lipinski definition) is 0. The van der Waals surface area contributed by atoms with E-state index >= 15 is 0 Å². The first kappa shape index (κ1) is 12.7. The summed E-state index contributed by atoms with van der Waals surface area (Å²) in [7, 11) is 0. The van der Waals surface area contributed by atoms with Crippen LogP contribution in [0, 0.1) is 6.92 Å². The van der Waals surface area contributed by atoms with Gasteiger partial charge in [-0.1, -0.05) is 12.1 Å². The van der Waals surface area contributed by atoms with Crippen molar-refractivity contribution in [2.75, 3.05) is 6.61 Å². The van der Waals surface area contributed by atoms with E-state index in [9.17, 15) is 0 Å². The van der Waals surface area contributed by atoms with E-state index in [-0.39, 0.29) is 0 Å². The zero-order chi connectivity index (χ0) is 13.9. The molecule has 0 spiro atoms. The summed E-state index contributed by atoms with van der Waals surface area (Å²) in [5.74, 6) is 2.19. The van der Waals surface area contributed by atoms with Crippen molar-refractivity contribution in [3.05, 3.63) is 42.2 Å². The average molecular weight is 271 g/mol. The summed E-state index contributed by atoms with van der Waals surface area (Å²) in [6, 6.07) is 8.19. The van der Waals surface area contributed by atoms with Gasteiger partial charge in [0.2, 0.25) is 5.89 Å². The lowest BCUT2D eigenvalue weighted by Crippen LogP contribution is -2.00. The molecule has 5 heteroatoms. The van der Waals surface area contributed by atoms with Crippen LogP contribution in [0.4, 0.5) is 0 Å². The van der Waals surface area contributed by atoms with Crippen LogP contribution in [0.2, 0.25) is 0 Å². The van der Waals surface area contributed by atoms with Crippen molar-refractivity contribution < 1.29 is 9.26 Å². The quantitative estimate of drug-likeness (QED) is 0.715. The van der Waals surface area contributed by atoms with Gasteiger partial charge in [0.05, 0.1) is 13.2 Å². The molecule has 0 radical (unpaired) electrons. The number of benzene rings is 1. The molecule has 2 aromatic heterocycles. The van der Waals surface area contributed by atoms with Crippen LogP contribution in [0.3, 0.4) is 0 Å². The largest absolute Gasteiger partial charge is 0.494 e. The molecule has 0 atom stereocenters. The van der Waals surface area contributed by atoms with Crippen LogP contribution in [0.5, 0.6) is 5.75 Å². The van der Waals surface area contributed by atoms with Gasteiger partial charge < -0.3 is 13.8 Å². The predicted octanol–water partition coefficient (Wildman–Crippen LogP) is 3.17. The van der Waals surface area contributed by atoms with Crippen LogP contribution in [0.25, 0.3) is 10.9 Å². The van der Waals surface area contributed by atoms with Crippen molar-refractivity contribution in [3.63, 3.8) is 0 Å². The summed E-state index contributed by atoms with van der Waals surface area (Å²) in [6.07, 6.45) is 3.04. The van der Waals surface area contributed by atoms with Gasteiger partial charge in [0, 0.05) is 24.0 Å². The standard InChI is InChI=1S/C15H17N3O2/c1-3-8-19-13-4-5-14-12(9-13)6-7-18(14)10-15-16-11(2)20-17-15/h4-7,9H,3,8,10H2,1-2H3. The van der Waals surface area contributed by atoms with Crippen LogP contribution >= 0.6 is 0 Å². The topological polar surface area (TPSA) is 53.1 Å². The number of aryl methyl sites for hydroxylation is 1. The Balaban J connectivity index is 1.85. The first-order valence-electron chi connectivity index (χ1n) is 6.77. The highest BCUT2D eigenvalue weighted by Crippen LogP contribution is 2.22. The Kier molecular flexibility index (Phi) is 3.41. The fourth-order valence-corrected chi connectivity index (χ4v) is 2.18. The molecule has 0 fully saturated rings. The lowest BCUT2D eigenvalue weighted by Gasteiger charge is -2.05. The van der Waals surface area contributed by atoms with Gasteiger partial charge in [-0.05, 0) is 30.7 Å². The van der Waals surface area contributed by atoms with E-state index in [1.54, 1.807) is 6.92 Å². The molecule has 0 aliphatic heterocycles. The van der Waals surface area contributed by atoms with Gasteiger partial charge in [0.1, 0.15) is 5.75 Å². The summed E-state index contributed by atoms with van der Waals surface area (Å²) in [6.45, 7) is 5.24. The zero-order valence-electron chi connectivity index (χ0n) is 11.7. The average Bonchev–Trinajstić information content (AvgIpc) is 3.04. The monoisotopic (exact) mass is 271 g/mol. The molecule has 0 bridgehead atoms. The maximum atomic E-state index is 5.65. The highest BCUT2D eigenvalue weighted by molar-refractivity contribution is 5.81. The summed E-state index contributed by atoms with van der Waals surface area (Å²) in [5, 5.41) is 5.08. The second-order valence-electron chi connectivity index (χ2n) is 4.74. The number of rotatable bonds is 5. The first-order valence-corrected chi connectivity index (χ1v) is 6.77. The molecule has 0 aliphatic rings. The SMILES string of the molecule is CCCOc1ccc2c(ccn2Cc2noc(C)n2)c1. The van der Waals surface area contributed by atoms with Gasteiger partial charge in [0.25, 0.3) is 0 Å². The molecule has 0 N–H and O–H groups in total. The maximum Gasteiger partial charge on any atom is 0.223 e. The number of fused-ring (bicyclic) bond motifs is 1. The molecule has 0 amide bonds. The summed E-state index contributed by atoms with van der Waals surface area (Å²) in [5.41, 5.74) is 1.14. The third-order valence-electron chi connectivity index (χ3n) is 3.10. The highest BCUT2D eigenvalue weighted by atomic mass is 16.5. The minimum absolute atomic E-state index is 0.590. The molecule has 0 aliphatic carbocycles. The Hall–Kier alpha value is -2.30. The lowest BCUT2D eigenvalue weighted by atomic mass is 10.2. The number of hydrogen-bond acceptors (Lipinski definition) is 4. The number of nitrogens with zero attached hydrogens (tertiary/aromatic N) is 3. The van der Waals surface area contributed by atoms with E-state index in [0.717, 1.165) is 29.7 Å². The Bertz CT molecular complexity index is 715. The zero-order valence-corrected chi connectivity index (χ0v) is 11.7. The molecule has 0 unspecified atom stereocenters. The Morgan fingerprint density at radius 2 is 2.20 bits per heavy atom. The van der Waals surface area contributed by atoms with E-state index in [1.807, 2.05) is 12.3 Å². The van der Waals surface area contributed by atoms with Crippen molar-refractivity contribution in [3.8, 4) is 5.75 Å².